The molecular weight excluding hydrogens is 426 g/mol. The van der Waals surface area contributed by atoms with Crippen molar-refractivity contribution in [2.24, 2.45) is 0 Å². The second-order valence-corrected chi connectivity index (χ2v) is 9.08. The van der Waals surface area contributed by atoms with Gasteiger partial charge in [0.25, 0.3) is 5.91 Å². The van der Waals surface area contributed by atoms with Crippen LogP contribution in [0.3, 0.4) is 0 Å². The maximum atomic E-state index is 12.3. The fourth-order valence-corrected chi connectivity index (χ4v) is 4.69. The van der Waals surface area contributed by atoms with Crippen molar-refractivity contribution in [2.45, 2.75) is 31.2 Å². The van der Waals surface area contributed by atoms with Gasteiger partial charge in [-0.25, -0.2) is 14.3 Å². The van der Waals surface area contributed by atoms with E-state index in [1.807, 2.05) is 36.9 Å². The van der Waals surface area contributed by atoms with E-state index in [0.29, 0.717) is 36.9 Å². The van der Waals surface area contributed by atoms with Gasteiger partial charge in [-0.3, -0.25) is 14.9 Å². The molecule has 0 radical (unpaired) electrons. The third-order valence-electron chi connectivity index (χ3n) is 6.58. The van der Waals surface area contributed by atoms with Gasteiger partial charge in [-0.1, -0.05) is 6.07 Å². The van der Waals surface area contributed by atoms with Crippen LogP contribution in [-0.4, -0.2) is 56.1 Å². The topological polar surface area (TPSA) is 146 Å². The molecular formula is C21H21N9O3. The van der Waals surface area contributed by atoms with Crippen molar-refractivity contribution in [3.05, 3.63) is 36.2 Å². The van der Waals surface area contributed by atoms with Gasteiger partial charge in [0.15, 0.2) is 11.5 Å². The van der Waals surface area contributed by atoms with E-state index < -0.39 is 17.0 Å². The molecule has 1 atom stereocenters. The van der Waals surface area contributed by atoms with E-state index in [1.54, 1.807) is 16.9 Å². The maximum Gasteiger partial charge on any atom is 0.322 e. The van der Waals surface area contributed by atoms with Crippen LogP contribution in [0.25, 0.3) is 5.65 Å². The van der Waals surface area contributed by atoms with E-state index in [9.17, 15) is 14.4 Å². The number of nitrogens with zero attached hydrogens (tertiary/aromatic N) is 5. The number of nitrogens with one attached hydrogen (secondary N) is 4. The summed E-state index contributed by atoms with van der Waals surface area (Å²) in [6.07, 6.45) is 3.79. The zero-order valence-corrected chi connectivity index (χ0v) is 18.0. The van der Waals surface area contributed by atoms with Crippen LogP contribution in [0.5, 0.6) is 0 Å². The van der Waals surface area contributed by atoms with Crippen LogP contribution in [0.4, 0.5) is 27.9 Å². The Morgan fingerprint density at radius 2 is 1.97 bits per heavy atom. The molecule has 3 aliphatic heterocycles. The molecule has 12 heteroatoms. The van der Waals surface area contributed by atoms with Crippen molar-refractivity contribution < 1.29 is 14.4 Å². The molecule has 1 spiro atoms. The first kappa shape index (κ1) is 19.5. The summed E-state index contributed by atoms with van der Waals surface area (Å²) in [6.45, 7) is 4.62. The summed E-state index contributed by atoms with van der Waals surface area (Å²) >= 11 is 0. The number of hydrogen-bond acceptors (Lipinski definition) is 8. The first-order valence-electron chi connectivity index (χ1n) is 10.6. The second-order valence-electron chi connectivity index (χ2n) is 9.08. The standard InChI is InChI=1S/C21H21N9O3/c1-20(2)12-4-3-11(9-13(12)24-16(20)31)23-18-25-15-14(22-6-8-30(15)28-18)29-7-5-21(10-29)17(32)26-19(33)27-21/h3-4,6,8-9H,5,7,10H2,1-2H3,(H,23,28)(H,24,31)(H2,26,27,32,33). The van der Waals surface area contributed by atoms with Crippen LogP contribution >= 0.6 is 0 Å². The average Bonchev–Trinajstić information content (AvgIpc) is 3.48. The lowest BCUT2D eigenvalue weighted by atomic mass is 9.86. The van der Waals surface area contributed by atoms with Gasteiger partial charge in [-0.2, -0.15) is 4.98 Å². The van der Waals surface area contributed by atoms with Gasteiger partial charge in [-0.15, -0.1) is 5.10 Å². The molecule has 3 aromatic rings. The molecule has 4 N–H and O–H groups in total. The minimum Gasteiger partial charge on any atom is -0.350 e. The zero-order chi connectivity index (χ0) is 23.0. The number of aromatic nitrogens is 4. The van der Waals surface area contributed by atoms with E-state index in [-0.39, 0.29) is 11.8 Å². The fourth-order valence-electron chi connectivity index (χ4n) is 4.69. The Morgan fingerprint density at radius 1 is 1.12 bits per heavy atom. The van der Waals surface area contributed by atoms with Crippen molar-refractivity contribution >= 4 is 46.6 Å². The highest BCUT2D eigenvalue weighted by Gasteiger charge is 2.51. The van der Waals surface area contributed by atoms with Crippen LogP contribution in [0.2, 0.25) is 0 Å². The Bertz CT molecular complexity index is 1360. The van der Waals surface area contributed by atoms with Crippen LogP contribution in [-0.2, 0) is 15.0 Å². The second kappa shape index (κ2) is 6.40. The summed E-state index contributed by atoms with van der Waals surface area (Å²) in [6, 6.07) is 5.19. The molecule has 168 valence electrons. The molecule has 5 heterocycles. The van der Waals surface area contributed by atoms with E-state index in [0.717, 1.165) is 16.9 Å². The maximum absolute atomic E-state index is 12.3. The van der Waals surface area contributed by atoms with Gasteiger partial charge in [0.05, 0.1) is 12.0 Å². The molecule has 0 aliphatic carbocycles. The van der Waals surface area contributed by atoms with E-state index in [4.69, 9.17) is 0 Å². The van der Waals surface area contributed by atoms with E-state index in [2.05, 4.69) is 36.3 Å². The molecule has 2 saturated heterocycles. The average molecular weight is 447 g/mol. The molecule has 0 saturated carbocycles. The quantitative estimate of drug-likeness (QED) is 0.433. The normalized spacial score (nSPS) is 23.1. The minimum absolute atomic E-state index is 0.0354. The summed E-state index contributed by atoms with van der Waals surface area (Å²) in [4.78, 5) is 47.1. The Balaban J connectivity index is 1.28. The number of imide groups is 1. The molecule has 6 rings (SSSR count). The third-order valence-corrected chi connectivity index (χ3v) is 6.58. The van der Waals surface area contributed by atoms with E-state index >= 15 is 0 Å². The molecule has 2 fully saturated rings. The number of carbonyl (C=O) groups is 3. The smallest absolute Gasteiger partial charge is 0.322 e. The summed E-state index contributed by atoms with van der Waals surface area (Å²) < 4.78 is 1.61. The SMILES string of the molecule is CC1(C)C(=O)Nc2cc(Nc3nc4c(N5CCC6(C5)NC(=O)NC6=O)nccn4n3)ccc21. The Hall–Kier alpha value is -4.22. The van der Waals surface area contributed by atoms with Crippen molar-refractivity contribution in [2.75, 3.05) is 28.6 Å². The minimum atomic E-state index is -0.949. The molecule has 12 nitrogen and oxygen atoms in total. The van der Waals surface area contributed by atoms with Crippen molar-refractivity contribution in [1.82, 2.24) is 30.2 Å². The predicted octanol–water partition coefficient (Wildman–Crippen LogP) is 0.886. The van der Waals surface area contributed by atoms with Gasteiger partial charge in [-0.05, 0) is 38.0 Å². The van der Waals surface area contributed by atoms with Crippen LogP contribution in [0.15, 0.2) is 30.6 Å². The lowest BCUT2D eigenvalue weighted by Crippen LogP contribution is -2.49. The molecule has 0 bridgehead atoms. The van der Waals surface area contributed by atoms with Crippen molar-refractivity contribution in [1.29, 1.82) is 0 Å². The van der Waals surface area contributed by atoms with Crippen LogP contribution in [0, 0.1) is 0 Å². The monoisotopic (exact) mass is 447 g/mol. The number of rotatable bonds is 3. The summed E-state index contributed by atoms with van der Waals surface area (Å²) in [5, 5.41) is 15.6. The van der Waals surface area contributed by atoms with Crippen molar-refractivity contribution in [3.8, 4) is 0 Å². The molecule has 4 amide bonds. The summed E-state index contributed by atoms with van der Waals surface area (Å²) in [5.74, 6) is 0.588. The first-order valence-corrected chi connectivity index (χ1v) is 10.6. The van der Waals surface area contributed by atoms with Gasteiger partial charge in [0.1, 0.15) is 5.54 Å². The summed E-state index contributed by atoms with van der Waals surface area (Å²) in [5.41, 5.74) is 1.45. The van der Waals surface area contributed by atoms with Gasteiger partial charge in [0.2, 0.25) is 11.9 Å². The number of hydrogen-bond donors (Lipinski definition) is 4. The lowest BCUT2D eigenvalue weighted by molar-refractivity contribution is -0.123. The predicted molar refractivity (Wildman–Crippen MR) is 118 cm³/mol. The highest BCUT2D eigenvalue weighted by atomic mass is 16.2. The number of fused-ring (bicyclic) bond motifs is 2. The van der Waals surface area contributed by atoms with Gasteiger partial charge in [0, 0.05) is 30.3 Å². The van der Waals surface area contributed by atoms with Gasteiger partial charge < -0.3 is 20.9 Å². The number of carbonyl (C=O) groups excluding carboxylic acids is 3. The highest BCUT2D eigenvalue weighted by Crippen LogP contribution is 2.39. The Kier molecular flexibility index (Phi) is 3.78. The van der Waals surface area contributed by atoms with Crippen molar-refractivity contribution in [3.63, 3.8) is 0 Å². The number of amides is 4. The molecule has 33 heavy (non-hydrogen) atoms. The number of anilines is 4. The Labute approximate surface area is 187 Å². The fraction of sp³-hybridized carbons (Fsp3) is 0.333. The molecule has 2 aromatic heterocycles. The summed E-state index contributed by atoms with van der Waals surface area (Å²) in [7, 11) is 0. The van der Waals surface area contributed by atoms with E-state index in [1.165, 1.54) is 0 Å². The molecule has 1 unspecified atom stereocenters. The zero-order valence-electron chi connectivity index (χ0n) is 18.0. The highest BCUT2D eigenvalue weighted by molar-refractivity contribution is 6.08. The lowest BCUT2D eigenvalue weighted by Gasteiger charge is -2.21. The number of urea groups is 1. The Morgan fingerprint density at radius 3 is 2.76 bits per heavy atom. The molecule has 1 aromatic carbocycles. The largest absolute Gasteiger partial charge is 0.350 e. The van der Waals surface area contributed by atoms with Gasteiger partial charge >= 0.3 is 6.03 Å². The third kappa shape index (κ3) is 2.83. The molecule has 3 aliphatic rings. The number of benzene rings is 1. The van der Waals surface area contributed by atoms with Crippen LogP contribution < -0.4 is 26.2 Å². The first-order chi connectivity index (χ1) is 15.7. The van der Waals surface area contributed by atoms with Crippen LogP contribution in [0.1, 0.15) is 25.8 Å².